The number of aryl methyl sites for hydroxylation is 1. The number of anilines is 1. The lowest BCUT2D eigenvalue weighted by molar-refractivity contribution is 0.0946. The van der Waals surface area contributed by atoms with Gasteiger partial charge in [-0.05, 0) is 37.5 Å². The summed E-state index contributed by atoms with van der Waals surface area (Å²) in [6.07, 6.45) is 5.88. The van der Waals surface area contributed by atoms with Gasteiger partial charge in [0, 0.05) is 36.1 Å². The average Bonchev–Trinajstić information content (AvgIpc) is 3.42. The van der Waals surface area contributed by atoms with Crippen LogP contribution in [0.2, 0.25) is 5.02 Å². The largest absolute Gasteiger partial charge is 0.379 e. The molecular weight excluding hydrogens is 404 g/mol. The number of nitrogens with one attached hydrogen (secondary N) is 2. The molecule has 3 heterocycles. The second-order valence-corrected chi connectivity index (χ2v) is 7.54. The quantitative estimate of drug-likeness (QED) is 0.630. The molecule has 0 spiro atoms. The fraction of sp³-hybridized carbons (Fsp3) is 0.286. The molecule has 30 heavy (non-hydrogen) atoms. The highest BCUT2D eigenvalue weighted by Gasteiger charge is 2.18. The second kappa shape index (κ2) is 8.81. The van der Waals surface area contributed by atoms with Crippen molar-refractivity contribution < 1.29 is 9.53 Å². The zero-order chi connectivity index (χ0) is 21.1. The number of amides is 1. The first-order valence-electron chi connectivity index (χ1n) is 9.61. The molecule has 8 nitrogen and oxygen atoms in total. The molecule has 1 aliphatic rings. The Kier molecular flexibility index (Phi) is 5.96. The van der Waals surface area contributed by atoms with Gasteiger partial charge in [-0.15, -0.1) is 0 Å². The number of hydrogen-bond acceptors (Lipinski definition) is 6. The summed E-state index contributed by atoms with van der Waals surface area (Å²) in [7, 11) is 0. The number of hydrogen-bond donors (Lipinski definition) is 2. The molecule has 9 heteroatoms. The molecule has 3 aromatic rings. The van der Waals surface area contributed by atoms with Crippen molar-refractivity contribution in [2.75, 3.05) is 18.5 Å². The Morgan fingerprint density at radius 2 is 2.27 bits per heavy atom. The van der Waals surface area contributed by atoms with E-state index in [2.05, 4.69) is 32.5 Å². The predicted molar refractivity (Wildman–Crippen MR) is 114 cm³/mol. The van der Waals surface area contributed by atoms with Crippen LogP contribution in [-0.2, 0) is 11.3 Å². The molecular formula is C21H22ClN6O2. The molecule has 0 saturated carbocycles. The first-order valence-corrected chi connectivity index (χ1v) is 9.99. The van der Waals surface area contributed by atoms with Crippen molar-refractivity contribution in [1.82, 2.24) is 24.8 Å². The molecule has 1 fully saturated rings. The summed E-state index contributed by atoms with van der Waals surface area (Å²) < 4.78 is 7.09. The molecule has 1 atom stereocenters. The van der Waals surface area contributed by atoms with Crippen LogP contribution in [0, 0.1) is 13.8 Å². The topological polar surface area (TPSA) is 94.0 Å². The van der Waals surface area contributed by atoms with Gasteiger partial charge in [-0.3, -0.25) is 9.36 Å². The molecule has 1 amide bonds. The van der Waals surface area contributed by atoms with Crippen molar-refractivity contribution in [3.63, 3.8) is 0 Å². The Labute approximate surface area is 179 Å². The predicted octanol–water partition coefficient (Wildman–Crippen LogP) is 2.94. The van der Waals surface area contributed by atoms with Gasteiger partial charge in [0.1, 0.15) is 17.8 Å². The van der Waals surface area contributed by atoms with E-state index in [9.17, 15) is 4.79 Å². The minimum atomic E-state index is -0.290. The Bertz CT molecular complexity index is 1060. The standard InChI is InChI=1S/C21H22ClN6O2/c1-13-8-24-21(26-16-6-7-30-11-16)27-19(13)28-10-18(25-12-28)20(29)23-9-15-4-3-5-17(22)14(15)2/h3-5,8,10,12,16H,2,6-7,9,11H2,1H3,(H,23,29)(H,24,26,27)/t16-/m0/s1. The molecule has 1 aromatic carbocycles. The molecule has 1 radical (unpaired) electrons. The summed E-state index contributed by atoms with van der Waals surface area (Å²) in [6.45, 7) is 7.54. The van der Waals surface area contributed by atoms with E-state index in [4.69, 9.17) is 16.3 Å². The lowest BCUT2D eigenvalue weighted by Gasteiger charge is -2.12. The highest BCUT2D eigenvalue weighted by atomic mass is 35.5. The summed E-state index contributed by atoms with van der Waals surface area (Å²) in [4.78, 5) is 25.7. The minimum Gasteiger partial charge on any atom is -0.379 e. The Morgan fingerprint density at radius 3 is 3.07 bits per heavy atom. The normalized spacial score (nSPS) is 15.9. The molecule has 0 aliphatic carbocycles. The number of carbonyl (C=O) groups is 1. The molecule has 0 unspecified atom stereocenters. The van der Waals surface area contributed by atoms with Gasteiger partial charge in [-0.1, -0.05) is 23.7 Å². The van der Waals surface area contributed by atoms with E-state index in [1.165, 1.54) is 0 Å². The highest BCUT2D eigenvalue weighted by molar-refractivity contribution is 6.31. The number of benzene rings is 1. The third-order valence-electron chi connectivity index (χ3n) is 4.92. The van der Waals surface area contributed by atoms with Crippen molar-refractivity contribution in [1.29, 1.82) is 0 Å². The maximum Gasteiger partial charge on any atom is 0.271 e. The van der Waals surface area contributed by atoms with Gasteiger partial charge in [0.15, 0.2) is 0 Å². The van der Waals surface area contributed by atoms with Gasteiger partial charge < -0.3 is 15.4 Å². The molecule has 1 aliphatic heterocycles. The number of rotatable bonds is 6. The van der Waals surface area contributed by atoms with Crippen molar-refractivity contribution in [3.8, 4) is 5.82 Å². The lowest BCUT2D eigenvalue weighted by Crippen LogP contribution is -2.23. The molecule has 0 bridgehead atoms. The van der Waals surface area contributed by atoms with E-state index in [0.717, 1.165) is 24.2 Å². The SMILES string of the molecule is [CH2]c1c(Cl)cccc1CNC(=O)c1cn(-c2nc(N[C@H]3CCOC3)ncc2C)cn1. The maximum atomic E-state index is 12.5. The van der Waals surface area contributed by atoms with Crippen LogP contribution in [-0.4, -0.2) is 44.7 Å². The fourth-order valence-electron chi connectivity index (χ4n) is 3.19. The third kappa shape index (κ3) is 4.44. The smallest absolute Gasteiger partial charge is 0.271 e. The Morgan fingerprint density at radius 1 is 1.40 bits per heavy atom. The fourth-order valence-corrected chi connectivity index (χ4v) is 3.38. The summed E-state index contributed by atoms with van der Waals surface area (Å²) in [5, 5.41) is 6.70. The van der Waals surface area contributed by atoms with Crippen LogP contribution in [0.1, 0.15) is 33.6 Å². The van der Waals surface area contributed by atoms with Crippen molar-refractivity contribution >= 4 is 23.5 Å². The van der Waals surface area contributed by atoms with Crippen LogP contribution in [0.4, 0.5) is 5.95 Å². The number of halogens is 1. The zero-order valence-electron chi connectivity index (χ0n) is 16.6. The molecule has 1 saturated heterocycles. The summed E-state index contributed by atoms with van der Waals surface area (Å²) in [6, 6.07) is 5.67. The molecule has 2 N–H and O–H groups in total. The van der Waals surface area contributed by atoms with Gasteiger partial charge in [0.25, 0.3) is 5.91 Å². The number of ether oxygens (including phenoxy) is 1. The third-order valence-corrected chi connectivity index (χ3v) is 5.28. The number of imidazole rings is 1. The van der Waals surface area contributed by atoms with Crippen molar-refractivity contribution in [3.05, 3.63) is 71.3 Å². The van der Waals surface area contributed by atoms with Crippen LogP contribution in [0.25, 0.3) is 5.82 Å². The first-order chi connectivity index (χ1) is 14.5. The van der Waals surface area contributed by atoms with E-state index in [1.54, 1.807) is 29.4 Å². The number of nitrogens with zero attached hydrogens (tertiary/aromatic N) is 4. The van der Waals surface area contributed by atoms with E-state index in [0.29, 0.717) is 41.2 Å². The lowest BCUT2D eigenvalue weighted by atomic mass is 10.1. The molecule has 2 aromatic heterocycles. The van der Waals surface area contributed by atoms with Gasteiger partial charge in [-0.2, -0.15) is 4.98 Å². The summed E-state index contributed by atoms with van der Waals surface area (Å²) >= 11 is 6.08. The van der Waals surface area contributed by atoms with Crippen LogP contribution >= 0.6 is 11.6 Å². The van der Waals surface area contributed by atoms with Gasteiger partial charge in [-0.25, -0.2) is 9.97 Å². The van der Waals surface area contributed by atoms with Crippen LogP contribution in [0.5, 0.6) is 0 Å². The number of aromatic nitrogens is 4. The van der Waals surface area contributed by atoms with Gasteiger partial charge in [0.05, 0.1) is 12.6 Å². The van der Waals surface area contributed by atoms with E-state index >= 15 is 0 Å². The molecule has 4 rings (SSSR count). The maximum absolute atomic E-state index is 12.5. The Hall–Kier alpha value is -2.97. The van der Waals surface area contributed by atoms with Gasteiger partial charge >= 0.3 is 0 Å². The van der Waals surface area contributed by atoms with E-state index in [1.807, 2.05) is 19.1 Å². The van der Waals surface area contributed by atoms with E-state index in [-0.39, 0.29) is 11.9 Å². The first kappa shape index (κ1) is 20.3. The van der Waals surface area contributed by atoms with Crippen molar-refractivity contribution in [2.24, 2.45) is 0 Å². The average molecular weight is 426 g/mol. The summed E-state index contributed by atoms with van der Waals surface area (Å²) in [5.41, 5.74) is 2.72. The van der Waals surface area contributed by atoms with E-state index < -0.39 is 0 Å². The van der Waals surface area contributed by atoms with Crippen LogP contribution in [0.15, 0.2) is 36.9 Å². The molecule has 155 valence electrons. The monoisotopic (exact) mass is 425 g/mol. The van der Waals surface area contributed by atoms with Crippen molar-refractivity contribution in [2.45, 2.75) is 25.9 Å². The van der Waals surface area contributed by atoms with Crippen LogP contribution < -0.4 is 10.6 Å². The Balaban J connectivity index is 1.46. The number of carbonyl (C=O) groups excluding carboxylic acids is 1. The zero-order valence-corrected chi connectivity index (χ0v) is 17.3. The van der Waals surface area contributed by atoms with Crippen LogP contribution in [0.3, 0.4) is 0 Å². The summed E-state index contributed by atoms with van der Waals surface area (Å²) in [5.74, 6) is 0.892. The minimum absolute atomic E-state index is 0.203. The van der Waals surface area contributed by atoms with Gasteiger partial charge in [0.2, 0.25) is 5.95 Å². The second-order valence-electron chi connectivity index (χ2n) is 7.13. The highest BCUT2D eigenvalue weighted by Crippen LogP contribution is 2.19.